The minimum atomic E-state index is -0.429. The fourth-order valence-electron chi connectivity index (χ4n) is 1.79. The molecule has 1 aromatic heterocycles. The van der Waals surface area contributed by atoms with Crippen LogP contribution in [0.1, 0.15) is 47.8 Å². The molecule has 88 valence electrons. The molecule has 2 rings (SSSR count). The molecule has 5 heteroatoms. The van der Waals surface area contributed by atoms with Crippen LogP contribution in [0.5, 0.6) is 0 Å². The first-order valence-electron chi connectivity index (χ1n) is 5.49. The Hall–Kier alpha value is -1.23. The number of nitrogens with two attached hydrogens (primary N) is 2. The maximum absolute atomic E-state index is 11.2. The minimum absolute atomic E-state index is 0.330. The zero-order valence-electron chi connectivity index (χ0n) is 9.54. The highest BCUT2D eigenvalue weighted by molar-refractivity contribution is 7.18. The van der Waals surface area contributed by atoms with Crippen molar-refractivity contribution in [3.8, 4) is 0 Å². The summed E-state index contributed by atoms with van der Waals surface area (Å²) in [5.74, 6) is 0.0896. The molecule has 0 atom stereocenters. The summed E-state index contributed by atoms with van der Waals surface area (Å²) in [7, 11) is 0. The van der Waals surface area contributed by atoms with E-state index in [4.69, 9.17) is 11.5 Å². The van der Waals surface area contributed by atoms with Crippen molar-refractivity contribution < 1.29 is 4.79 Å². The first-order valence-corrected chi connectivity index (χ1v) is 6.30. The lowest BCUT2D eigenvalue weighted by Crippen LogP contribution is -2.11. The van der Waals surface area contributed by atoms with Gasteiger partial charge < -0.3 is 16.8 Å². The number of thiophene rings is 1. The van der Waals surface area contributed by atoms with E-state index in [1.807, 2.05) is 0 Å². The Morgan fingerprint density at radius 1 is 1.50 bits per heavy atom. The van der Waals surface area contributed by atoms with Gasteiger partial charge in [-0.3, -0.25) is 4.79 Å². The summed E-state index contributed by atoms with van der Waals surface area (Å²) < 4.78 is 0. The Morgan fingerprint density at radius 2 is 2.12 bits per heavy atom. The molecule has 5 N–H and O–H groups in total. The molecule has 1 amide bonds. The van der Waals surface area contributed by atoms with E-state index in [1.165, 1.54) is 11.3 Å². The number of nitrogen functional groups attached to an aromatic ring is 1. The summed E-state index contributed by atoms with van der Waals surface area (Å²) >= 11 is 1.38. The second-order valence-corrected chi connectivity index (χ2v) is 5.55. The molecular weight excluding hydrogens is 222 g/mol. The second-order valence-electron chi connectivity index (χ2n) is 4.53. The molecule has 0 unspecified atom stereocenters. The molecule has 0 bridgehead atoms. The van der Waals surface area contributed by atoms with Crippen molar-refractivity contribution in [1.29, 1.82) is 0 Å². The van der Waals surface area contributed by atoms with E-state index in [2.05, 4.69) is 19.2 Å². The van der Waals surface area contributed by atoms with Crippen LogP contribution in [0.15, 0.2) is 0 Å². The monoisotopic (exact) mass is 239 g/mol. The third-order valence-electron chi connectivity index (χ3n) is 2.61. The van der Waals surface area contributed by atoms with E-state index in [1.54, 1.807) is 0 Å². The normalized spacial score (nSPS) is 15.4. The highest BCUT2D eigenvalue weighted by Crippen LogP contribution is 2.50. The van der Waals surface area contributed by atoms with Gasteiger partial charge in [-0.2, -0.15) is 0 Å². The minimum Gasteiger partial charge on any atom is -0.397 e. The van der Waals surface area contributed by atoms with Gasteiger partial charge in [0.2, 0.25) is 0 Å². The van der Waals surface area contributed by atoms with Crippen molar-refractivity contribution in [2.75, 3.05) is 11.1 Å². The number of amides is 1. The molecule has 1 saturated carbocycles. The Labute approximate surface area is 99.0 Å². The summed E-state index contributed by atoms with van der Waals surface area (Å²) in [6.45, 7) is 4.13. The average Bonchev–Trinajstić information content (AvgIpc) is 2.92. The van der Waals surface area contributed by atoms with Crippen LogP contribution in [0.3, 0.4) is 0 Å². The number of nitrogens with one attached hydrogen (secondary N) is 1. The first-order chi connectivity index (χ1) is 7.50. The quantitative estimate of drug-likeness (QED) is 0.752. The van der Waals surface area contributed by atoms with Gasteiger partial charge in [-0.15, -0.1) is 11.3 Å². The Kier molecular flexibility index (Phi) is 2.80. The third kappa shape index (κ3) is 2.00. The molecule has 16 heavy (non-hydrogen) atoms. The fraction of sp³-hybridized carbons (Fsp3) is 0.545. The molecule has 1 aromatic rings. The number of anilines is 2. The largest absolute Gasteiger partial charge is 0.397 e. The van der Waals surface area contributed by atoms with E-state index in [0.717, 1.165) is 23.4 Å². The smallest absolute Gasteiger partial charge is 0.260 e. The van der Waals surface area contributed by atoms with Crippen LogP contribution in [0.2, 0.25) is 0 Å². The van der Waals surface area contributed by atoms with Gasteiger partial charge in [-0.05, 0) is 32.6 Å². The maximum Gasteiger partial charge on any atom is 0.260 e. The van der Waals surface area contributed by atoms with Crippen LogP contribution in [-0.2, 0) is 0 Å². The van der Waals surface area contributed by atoms with Gasteiger partial charge >= 0.3 is 0 Å². The van der Waals surface area contributed by atoms with E-state index < -0.39 is 5.91 Å². The van der Waals surface area contributed by atoms with Gasteiger partial charge in [0.25, 0.3) is 5.91 Å². The number of hydrogen-bond donors (Lipinski definition) is 3. The van der Waals surface area contributed by atoms with Gasteiger partial charge in [0.1, 0.15) is 4.88 Å². The Morgan fingerprint density at radius 3 is 2.56 bits per heavy atom. The lowest BCUT2D eigenvalue weighted by atomic mass is 10.1. The molecule has 0 aromatic carbocycles. The van der Waals surface area contributed by atoms with Crippen molar-refractivity contribution >= 4 is 27.9 Å². The topological polar surface area (TPSA) is 81.1 Å². The maximum atomic E-state index is 11.2. The van der Waals surface area contributed by atoms with E-state index >= 15 is 0 Å². The SMILES string of the molecule is CC(C)Nc1sc(C(N)=O)c(N)c1C1CC1. The molecule has 1 fully saturated rings. The van der Waals surface area contributed by atoms with Crippen molar-refractivity contribution in [1.82, 2.24) is 0 Å². The number of primary amides is 1. The van der Waals surface area contributed by atoms with Crippen LogP contribution in [0.4, 0.5) is 10.7 Å². The molecule has 0 radical (unpaired) electrons. The summed E-state index contributed by atoms with van der Waals surface area (Å²) in [6, 6.07) is 0.330. The molecule has 4 nitrogen and oxygen atoms in total. The molecule has 0 aliphatic heterocycles. The Balaban J connectivity index is 2.41. The van der Waals surface area contributed by atoms with Crippen molar-refractivity contribution in [2.24, 2.45) is 5.73 Å². The standard InChI is InChI=1S/C11H17N3OS/c1-5(2)14-11-7(6-3-4-6)8(12)9(16-11)10(13)15/h5-6,14H,3-4,12H2,1-2H3,(H2,13,15). The average molecular weight is 239 g/mol. The highest BCUT2D eigenvalue weighted by atomic mass is 32.1. The van der Waals surface area contributed by atoms with Gasteiger partial charge in [0.05, 0.1) is 10.7 Å². The number of carbonyl (C=O) groups excluding carboxylic acids is 1. The number of rotatable bonds is 4. The third-order valence-corrected chi connectivity index (χ3v) is 3.78. The van der Waals surface area contributed by atoms with Crippen LogP contribution < -0.4 is 16.8 Å². The van der Waals surface area contributed by atoms with Crippen LogP contribution in [0.25, 0.3) is 0 Å². The lowest BCUT2D eigenvalue weighted by Gasteiger charge is -2.10. The van der Waals surface area contributed by atoms with Crippen LogP contribution in [0, 0.1) is 0 Å². The zero-order chi connectivity index (χ0) is 11.9. The summed E-state index contributed by atoms with van der Waals surface area (Å²) in [5.41, 5.74) is 13.0. The molecule has 0 saturated heterocycles. The van der Waals surface area contributed by atoms with E-state index in [-0.39, 0.29) is 0 Å². The first kappa shape index (κ1) is 11.3. The predicted octanol–water partition coefficient (Wildman–Crippen LogP) is 2.13. The van der Waals surface area contributed by atoms with Crippen molar-refractivity contribution in [2.45, 2.75) is 38.6 Å². The van der Waals surface area contributed by atoms with E-state index in [0.29, 0.717) is 22.5 Å². The molecular formula is C11H17N3OS. The van der Waals surface area contributed by atoms with E-state index in [9.17, 15) is 4.79 Å². The van der Waals surface area contributed by atoms with Gasteiger partial charge in [-0.1, -0.05) is 0 Å². The van der Waals surface area contributed by atoms with Gasteiger partial charge in [-0.25, -0.2) is 0 Å². The number of hydrogen-bond acceptors (Lipinski definition) is 4. The van der Waals surface area contributed by atoms with Crippen LogP contribution in [-0.4, -0.2) is 11.9 Å². The van der Waals surface area contributed by atoms with Gasteiger partial charge in [0.15, 0.2) is 0 Å². The predicted molar refractivity (Wildman–Crippen MR) is 68.0 cm³/mol. The summed E-state index contributed by atoms with van der Waals surface area (Å²) in [5, 5.41) is 4.36. The van der Waals surface area contributed by atoms with Crippen molar-refractivity contribution in [3.05, 3.63) is 10.4 Å². The molecule has 1 heterocycles. The molecule has 1 aliphatic rings. The second kappa shape index (κ2) is 3.97. The fourth-order valence-corrected chi connectivity index (χ4v) is 2.99. The zero-order valence-corrected chi connectivity index (χ0v) is 10.4. The number of carbonyl (C=O) groups is 1. The lowest BCUT2D eigenvalue weighted by molar-refractivity contribution is 0.100. The van der Waals surface area contributed by atoms with Crippen LogP contribution >= 0.6 is 11.3 Å². The van der Waals surface area contributed by atoms with Gasteiger partial charge in [0, 0.05) is 11.6 Å². The summed E-state index contributed by atoms with van der Waals surface area (Å²) in [4.78, 5) is 11.7. The van der Waals surface area contributed by atoms with Crippen molar-refractivity contribution in [3.63, 3.8) is 0 Å². The molecule has 0 spiro atoms. The molecule has 1 aliphatic carbocycles. The summed E-state index contributed by atoms with van der Waals surface area (Å²) in [6.07, 6.45) is 2.32. The highest BCUT2D eigenvalue weighted by Gasteiger charge is 2.32. The Bertz CT molecular complexity index is 421.